The molecular weight excluding hydrogens is 244 g/mol. The number of aryl methyl sites for hydroxylation is 1. The molecule has 0 aromatic heterocycles. The van der Waals surface area contributed by atoms with E-state index in [0.29, 0.717) is 6.61 Å². The summed E-state index contributed by atoms with van der Waals surface area (Å²) in [4.78, 5) is 0. The van der Waals surface area contributed by atoms with Crippen LogP contribution in [0.25, 0.3) is 21.5 Å². The van der Waals surface area contributed by atoms with Crippen LogP contribution in [0.2, 0.25) is 0 Å². The van der Waals surface area contributed by atoms with Crippen molar-refractivity contribution in [1.29, 1.82) is 0 Å². The van der Waals surface area contributed by atoms with Gasteiger partial charge in [0, 0.05) is 6.61 Å². The molecule has 0 aliphatic rings. The molecule has 3 aromatic carbocycles. The van der Waals surface area contributed by atoms with Crippen molar-refractivity contribution in [3.8, 4) is 0 Å². The predicted octanol–water partition coefficient (Wildman–Crippen LogP) is 4.70. The average molecular weight is 264 g/mol. The maximum Gasteiger partial charge on any atom is 0.0431 e. The van der Waals surface area contributed by atoms with Crippen LogP contribution >= 0.6 is 0 Å². The minimum atomic E-state index is 0.302. The maximum absolute atomic E-state index is 8.91. The molecule has 0 heterocycles. The number of benzene rings is 3. The van der Waals surface area contributed by atoms with Crippen LogP contribution in [0.3, 0.4) is 0 Å². The van der Waals surface area contributed by atoms with Gasteiger partial charge in [0.1, 0.15) is 0 Å². The first-order valence-electron chi connectivity index (χ1n) is 7.40. The Hall–Kier alpha value is -1.86. The van der Waals surface area contributed by atoms with Gasteiger partial charge in [-0.3, -0.25) is 0 Å². The Balaban J connectivity index is 2.08. The lowest BCUT2D eigenvalue weighted by Gasteiger charge is -2.11. The number of fused-ring (bicyclic) bond motifs is 2. The molecule has 20 heavy (non-hydrogen) atoms. The molecule has 0 aliphatic heterocycles. The molecule has 3 aromatic rings. The van der Waals surface area contributed by atoms with Crippen LogP contribution in [0, 0.1) is 0 Å². The van der Waals surface area contributed by atoms with Crippen molar-refractivity contribution in [1.82, 2.24) is 0 Å². The summed E-state index contributed by atoms with van der Waals surface area (Å²) in [6, 6.07) is 19.6. The molecular formula is C19H20O. The molecule has 102 valence electrons. The van der Waals surface area contributed by atoms with E-state index in [1.165, 1.54) is 27.1 Å². The quantitative estimate of drug-likeness (QED) is 0.523. The lowest BCUT2D eigenvalue weighted by Crippen LogP contribution is -1.92. The zero-order chi connectivity index (χ0) is 13.8. The fraction of sp³-hybridized carbons (Fsp3) is 0.263. The van der Waals surface area contributed by atoms with E-state index in [1.54, 1.807) is 0 Å². The van der Waals surface area contributed by atoms with Gasteiger partial charge in [-0.25, -0.2) is 0 Å². The molecule has 0 bridgehead atoms. The van der Waals surface area contributed by atoms with Crippen LogP contribution in [0.4, 0.5) is 0 Å². The number of hydrogen-bond donors (Lipinski definition) is 1. The fourth-order valence-electron chi connectivity index (χ4n) is 2.97. The molecule has 0 amide bonds. The maximum atomic E-state index is 8.91. The molecule has 0 atom stereocenters. The van der Waals surface area contributed by atoms with Gasteiger partial charge in [0.05, 0.1) is 0 Å². The molecule has 0 aliphatic carbocycles. The van der Waals surface area contributed by atoms with Crippen LogP contribution in [0.1, 0.15) is 24.8 Å². The number of hydrogen-bond acceptors (Lipinski definition) is 1. The third-order valence-corrected chi connectivity index (χ3v) is 3.97. The minimum Gasteiger partial charge on any atom is -0.396 e. The van der Waals surface area contributed by atoms with E-state index in [9.17, 15) is 0 Å². The van der Waals surface area contributed by atoms with Gasteiger partial charge in [-0.2, -0.15) is 0 Å². The minimum absolute atomic E-state index is 0.302. The van der Waals surface area contributed by atoms with Crippen LogP contribution < -0.4 is 0 Å². The van der Waals surface area contributed by atoms with E-state index in [1.807, 2.05) is 0 Å². The zero-order valence-electron chi connectivity index (χ0n) is 11.7. The second-order valence-corrected chi connectivity index (χ2v) is 5.33. The van der Waals surface area contributed by atoms with Gasteiger partial charge in [-0.15, -0.1) is 0 Å². The number of aliphatic hydroxyl groups is 1. The largest absolute Gasteiger partial charge is 0.396 e. The number of unbranched alkanes of at least 4 members (excludes halogenated alkanes) is 2. The summed E-state index contributed by atoms with van der Waals surface area (Å²) in [6.45, 7) is 0.302. The van der Waals surface area contributed by atoms with Gasteiger partial charge < -0.3 is 5.11 Å². The first kappa shape index (κ1) is 13.1. The first-order chi connectivity index (χ1) is 9.90. The van der Waals surface area contributed by atoms with Gasteiger partial charge in [0.25, 0.3) is 0 Å². The molecule has 0 fully saturated rings. The van der Waals surface area contributed by atoms with Gasteiger partial charge in [0.15, 0.2) is 0 Å². The van der Waals surface area contributed by atoms with Crippen molar-refractivity contribution in [3.63, 3.8) is 0 Å². The van der Waals surface area contributed by atoms with Crippen molar-refractivity contribution in [2.24, 2.45) is 0 Å². The van der Waals surface area contributed by atoms with Crippen molar-refractivity contribution in [2.45, 2.75) is 25.7 Å². The Kier molecular flexibility index (Phi) is 3.98. The number of rotatable bonds is 5. The smallest absolute Gasteiger partial charge is 0.0431 e. The summed E-state index contributed by atoms with van der Waals surface area (Å²) >= 11 is 0. The summed E-state index contributed by atoms with van der Waals surface area (Å²) in [5.41, 5.74) is 1.46. The second-order valence-electron chi connectivity index (χ2n) is 5.33. The highest BCUT2D eigenvalue weighted by atomic mass is 16.2. The summed E-state index contributed by atoms with van der Waals surface area (Å²) in [5.74, 6) is 0. The van der Waals surface area contributed by atoms with Gasteiger partial charge in [0.2, 0.25) is 0 Å². The molecule has 0 spiro atoms. The molecule has 1 N–H and O–H groups in total. The Morgan fingerprint density at radius 1 is 0.700 bits per heavy atom. The van der Waals surface area contributed by atoms with E-state index in [2.05, 4.69) is 54.6 Å². The summed E-state index contributed by atoms with van der Waals surface area (Å²) in [6.07, 6.45) is 4.22. The van der Waals surface area contributed by atoms with Crippen molar-refractivity contribution in [2.75, 3.05) is 6.61 Å². The molecule has 3 rings (SSSR count). The SMILES string of the molecule is OCCCCCc1c2ccccc2cc2ccccc12. The Morgan fingerprint density at radius 2 is 1.30 bits per heavy atom. The van der Waals surface area contributed by atoms with E-state index >= 15 is 0 Å². The van der Waals surface area contributed by atoms with Crippen LogP contribution in [-0.2, 0) is 6.42 Å². The van der Waals surface area contributed by atoms with Crippen molar-refractivity contribution in [3.05, 3.63) is 60.2 Å². The molecule has 0 unspecified atom stereocenters. The van der Waals surface area contributed by atoms with Crippen LogP contribution in [0.15, 0.2) is 54.6 Å². The normalized spacial score (nSPS) is 11.2. The Labute approximate surface area is 119 Å². The van der Waals surface area contributed by atoms with Crippen molar-refractivity contribution >= 4 is 21.5 Å². The lowest BCUT2D eigenvalue weighted by atomic mass is 9.93. The molecule has 1 nitrogen and oxygen atoms in total. The monoisotopic (exact) mass is 264 g/mol. The fourth-order valence-corrected chi connectivity index (χ4v) is 2.97. The van der Waals surface area contributed by atoms with Crippen molar-refractivity contribution < 1.29 is 5.11 Å². The molecule has 0 saturated heterocycles. The van der Waals surface area contributed by atoms with Crippen LogP contribution in [0.5, 0.6) is 0 Å². The predicted molar refractivity (Wildman–Crippen MR) is 86.1 cm³/mol. The third kappa shape index (κ3) is 2.54. The first-order valence-corrected chi connectivity index (χ1v) is 7.40. The third-order valence-electron chi connectivity index (χ3n) is 3.97. The van der Waals surface area contributed by atoms with E-state index in [-0.39, 0.29) is 0 Å². The van der Waals surface area contributed by atoms with Gasteiger partial charge in [-0.1, -0.05) is 55.0 Å². The summed E-state index contributed by atoms with van der Waals surface area (Å²) in [7, 11) is 0. The summed E-state index contributed by atoms with van der Waals surface area (Å²) in [5, 5.41) is 14.3. The Morgan fingerprint density at radius 3 is 1.90 bits per heavy atom. The zero-order valence-corrected chi connectivity index (χ0v) is 11.7. The van der Waals surface area contributed by atoms with E-state index < -0.39 is 0 Å². The highest BCUT2D eigenvalue weighted by molar-refractivity contribution is 6.02. The Bertz CT molecular complexity index is 661. The second kappa shape index (κ2) is 6.06. The molecule has 0 saturated carbocycles. The highest BCUT2D eigenvalue weighted by Crippen LogP contribution is 2.29. The summed E-state index contributed by atoms with van der Waals surface area (Å²) < 4.78 is 0. The molecule has 0 radical (unpaired) electrons. The standard InChI is InChI=1S/C19H20O/c20-13-7-1-2-12-19-17-10-5-3-8-15(17)14-16-9-4-6-11-18(16)19/h3-6,8-11,14,20H,1-2,7,12-13H2. The lowest BCUT2D eigenvalue weighted by molar-refractivity contribution is 0.283. The molecule has 1 heteroatoms. The van der Waals surface area contributed by atoms with Gasteiger partial charge >= 0.3 is 0 Å². The van der Waals surface area contributed by atoms with Gasteiger partial charge in [-0.05, 0) is 52.4 Å². The topological polar surface area (TPSA) is 20.2 Å². The van der Waals surface area contributed by atoms with Crippen LogP contribution in [-0.4, -0.2) is 11.7 Å². The number of aliphatic hydroxyl groups excluding tert-OH is 1. The average Bonchev–Trinajstić information content (AvgIpc) is 2.50. The highest BCUT2D eigenvalue weighted by Gasteiger charge is 2.06. The van der Waals surface area contributed by atoms with E-state index in [4.69, 9.17) is 5.11 Å². The van der Waals surface area contributed by atoms with E-state index in [0.717, 1.165) is 25.7 Å².